The first-order valence-electron chi connectivity index (χ1n) is 4.83. The number of pyridine rings is 1. The second-order valence-electron chi connectivity index (χ2n) is 3.47. The lowest BCUT2D eigenvalue weighted by atomic mass is 10.2. The van der Waals surface area contributed by atoms with Gasteiger partial charge >= 0.3 is 0 Å². The van der Waals surface area contributed by atoms with Crippen LogP contribution in [0, 0.1) is 6.92 Å². The molecule has 0 aromatic carbocycles. The molecule has 0 spiro atoms. The van der Waals surface area contributed by atoms with E-state index in [0.29, 0.717) is 0 Å². The summed E-state index contributed by atoms with van der Waals surface area (Å²) in [7, 11) is 0. The topological polar surface area (TPSA) is 50.9 Å². The molecule has 2 aromatic rings. The van der Waals surface area contributed by atoms with Crippen LogP contribution in [0.1, 0.15) is 24.4 Å². The highest BCUT2D eigenvalue weighted by atomic mass is 16.3. The van der Waals surface area contributed by atoms with Gasteiger partial charge in [-0.1, -0.05) is 0 Å². The average molecular weight is 203 g/mol. The van der Waals surface area contributed by atoms with E-state index in [1.165, 1.54) is 0 Å². The summed E-state index contributed by atoms with van der Waals surface area (Å²) < 4.78 is 1.88. The van der Waals surface area contributed by atoms with Gasteiger partial charge in [0.25, 0.3) is 0 Å². The Hall–Kier alpha value is -1.68. The first kappa shape index (κ1) is 9.86. The van der Waals surface area contributed by atoms with Crippen LogP contribution in [0.2, 0.25) is 0 Å². The fourth-order valence-corrected chi connectivity index (χ4v) is 1.45. The minimum atomic E-state index is -0.476. The zero-order valence-electron chi connectivity index (χ0n) is 8.75. The Kier molecular flexibility index (Phi) is 2.51. The molecule has 1 unspecified atom stereocenters. The van der Waals surface area contributed by atoms with Gasteiger partial charge in [-0.3, -0.25) is 4.57 Å². The molecule has 2 aromatic heterocycles. The monoisotopic (exact) mass is 203 g/mol. The Bertz CT molecular complexity index is 462. The van der Waals surface area contributed by atoms with Crippen molar-refractivity contribution in [2.45, 2.75) is 20.0 Å². The standard InChI is InChI=1S/C11H13N3O/c1-8(15)10-3-4-13-11(7-10)14-6-5-12-9(14)2/h3-8,15H,1-2H3. The van der Waals surface area contributed by atoms with E-state index >= 15 is 0 Å². The van der Waals surface area contributed by atoms with Crippen LogP contribution in [0.4, 0.5) is 0 Å². The quantitative estimate of drug-likeness (QED) is 0.807. The summed E-state index contributed by atoms with van der Waals surface area (Å²) in [4.78, 5) is 8.36. The van der Waals surface area contributed by atoms with Gasteiger partial charge in [0.05, 0.1) is 6.10 Å². The van der Waals surface area contributed by atoms with E-state index < -0.39 is 6.10 Å². The number of aromatic nitrogens is 3. The predicted octanol–water partition coefficient (Wildman–Crippen LogP) is 1.63. The number of hydrogen-bond acceptors (Lipinski definition) is 3. The fourth-order valence-electron chi connectivity index (χ4n) is 1.45. The summed E-state index contributed by atoms with van der Waals surface area (Å²) in [6.45, 7) is 3.65. The largest absolute Gasteiger partial charge is 0.389 e. The smallest absolute Gasteiger partial charge is 0.138 e. The second-order valence-corrected chi connectivity index (χ2v) is 3.47. The summed E-state index contributed by atoms with van der Waals surface area (Å²) in [5.74, 6) is 1.66. The second kappa shape index (κ2) is 3.82. The minimum Gasteiger partial charge on any atom is -0.389 e. The van der Waals surface area contributed by atoms with Gasteiger partial charge in [-0.05, 0) is 31.5 Å². The van der Waals surface area contributed by atoms with Crippen LogP contribution in [-0.4, -0.2) is 19.6 Å². The fraction of sp³-hybridized carbons (Fsp3) is 0.273. The molecule has 0 aliphatic heterocycles. The Labute approximate surface area is 88.2 Å². The lowest BCUT2D eigenvalue weighted by Gasteiger charge is -2.08. The van der Waals surface area contributed by atoms with Crippen molar-refractivity contribution >= 4 is 0 Å². The number of hydrogen-bond donors (Lipinski definition) is 1. The molecule has 0 saturated heterocycles. The van der Waals surface area contributed by atoms with Gasteiger partial charge in [-0.2, -0.15) is 0 Å². The third-order valence-corrected chi connectivity index (χ3v) is 2.32. The average Bonchev–Trinajstić information content (AvgIpc) is 2.64. The molecule has 78 valence electrons. The molecule has 15 heavy (non-hydrogen) atoms. The molecule has 0 aliphatic carbocycles. The molecule has 1 N–H and O–H groups in total. The normalized spacial score (nSPS) is 12.7. The summed E-state index contributed by atoms with van der Waals surface area (Å²) in [6.07, 6.45) is 4.79. The Morgan fingerprint density at radius 2 is 2.13 bits per heavy atom. The van der Waals surface area contributed by atoms with Gasteiger partial charge in [-0.25, -0.2) is 9.97 Å². The molecule has 0 bridgehead atoms. The Balaban J connectivity index is 2.46. The highest BCUT2D eigenvalue weighted by Crippen LogP contribution is 2.15. The first-order valence-corrected chi connectivity index (χ1v) is 4.83. The van der Waals surface area contributed by atoms with E-state index in [4.69, 9.17) is 0 Å². The van der Waals surface area contributed by atoms with E-state index in [-0.39, 0.29) is 0 Å². The molecule has 1 atom stereocenters. The van der Waals surface area contributed by atoms with Gasteiger partial charge < -0.3 is 5.11 Å². The van der Waals surface area contributed by atoms with Crippen molar-refractivity contribution in [3.8, 4) is 5.82 Å². The maximum absolute atomic E-state index is 9.46. The highest BCUT2D eigenvalue weighted by molar-refractivity contribution is 5.30. The van der Waals surface area contributed by atoms with Gasteiger partial charge in [0.1, 0.15) is 11.6 Å². The molecular weight excluding hydrogens is 190 g/mol. The summed E-state index contributed by atoms with van der Waals surface area (Å²) in [5.41, 5.74) is 0.855. The van der Waals surface area contributed by atoms with E-state index in [9.17, 15) is 5.11 Å². The molecule has 0 aliphatic rings. The van der Waals surface area contributed by atoms with Crippen molar-refractivity contribution < 1.29 is 5.11 Å². The van der Waals surface area contributed by atoms with Crippen molar-refractivity contribution in [2.24, 2.45) is 0 Å². The SMILES string of the molecule is Cc1nccn1-c1cc(C(C)O)ccn1. The molecule has 2 heterocycles. The van der Waals surface area contributed by atoms with Crippen molar-refractivity contribution in [3.05, 3.63) is 42.1 Å². The molecule has 2 rings (SSSR count). The number of aliphatic hydroxyl groups excluding tert-OH is 1. The number of aryl methyl sites for hydroxylation is 1. The molecule has 0 amide bonds. The summed E-state index contributed by atoms with van der Waals surface area (Å²) in [6, 6.07) is 3.67. The van der Waals surface area contributed by atoms with Crippen LogP contribution in [-0.2, 0) is 0 Å². The molecule has 0 fully saturated rings. The van der Waals surface area contributed by atoms with E-state index in [2.05, 4.69) is 9.97 Å². The van der Waals surface area contributed by atoms with Crippen molar-refractivity contribution in [2.75, 3.05) is 0 Å². The molecular formula is C11H13N3O. The van der Waals surface area contributed by atoms with Gasteiger partial charge in [-0.15, -0.1) is 0 Å². The maximum Gasteiger partial charge on any atom is 0.138 e. The van der Waals surface area contributed by atoms with Crippen LogP contribution >= 0.6 is 0 Å². The van der Waals surface area contributed by atoms with Crippen LogP contribution < -0.4 is 0 Å². The lowest BCUT2D eigenvalue weighted by Crippen LogP contribution is -2.01. The third-order valence-electron chi connectivity index (χ3n) is 2.32. The van der Waals surface area contributed by atoms with Gasteiger partial charge in [0.2, 0.25) is 0 Å². The Morgan fingerprint density at radius 1 is 1.33 bits per heavy atom. The number of nitrogens with zero attached hydrogens (tertiary/aromatic N) is 3. The van der Waals surface area contributed by atoms with Crippen molar-refractivity contribution in [1.29, 1.82) is 0 Å². The number of imidazole rings is 1. The van der Waals surface area contributed by atoms with E-state index in [1.54, 1.807) is 25.4 Å². The molecule has 0 radical (unpaired) electrons. The van der Waals surface area contributed by atoms with Gasteiger partial charge in [0, 0.05) is 18.6 Å². The van der Waals surface area contributed by atoms with Crippen LogP contribution in [0.5, 0.6) is 0 Å². The molecule has 4 nitrogen and oxygen atoms in total. The third kappa shape index (κ3) is 1.89. The number of rotatable bonds is 2. The zero-order valence-corrected chi connectivity index (χ0v) is 8.75. The van der Waals surface area contributed by atoms with Crippen molar-refractivity contribution in [3.63, 3.8) is 0 Å². The zero-order chi connectivity index (χ0) is 10.8. The summed E-state index contributed by atoms with van der Waals surface area (Å²) >= 11 is 0. The maximum atomic E-state index is 9.46. The van der Waals surface area contributed by atoms with Crippen LogP contribution in [0.25, 0.3) is 5.82 Å². The van der Waals surface area contributed by atoms with E-state index in [1.807, 2.05) is 23.8 Å². The minimum absolute atomic E-state index is 0.476. The van der Waals surface area contributed by atoms with Crippen molar-refractivity contribution in [1.82, 2.24) is 14.5 Å². The van der Waals surface area contributed by atoms with Crippen LogP contribution in [0.15, 0.2) is 30.7 Å². The van der Waals surface area contributed by atoms with E-state index in [0.717, 1.165) is 17.2 Å². The number of aliphatic hydroxyl groups is 1. The molecule has 4 heteroatoms. The predicted molar refractivity (Wildman–Crippen MR) is 56.7 cm³/mol. The summed E-state index contributed by atoms with van der Waals surface area (Å²) in [5, 5.41) is 9.46. The Morgan fingerprint density at radius 3 is 2.73 bits per heavy atom. The van der Waals surface area contributed by atoms with Gasteiger partial charge in [0.15, 0.2) is 0 Å². The highest BCUT2D eigenvalue weighted by Gasteiger charge is 2.05. The first-order chi connectivity index (χ1) is 7.18. The molecule has 0 saturated carbocycles. The van der Waals surface area contributed by atoms with Crippen LogP contribution in [0.3, 0.4) is 0 Å². The lowest BCUT2D eigenvalue weighted by molar-refractivity contribution is 0.199.